The van der Waals surface area contributed by atoms with Crippen molar-refractivity contribution in [1.29, 1.82) is 5.26 Å². The normalized spacial score (nSPS) is 16.0. The van der Waals surface area contributed by atoms with Gasteiger partial charge < -0.3 is 14.4 Å². The number of nitrogens with zero attached hydrogens (tertiary/aromatic N) is 2. The highest BCUT2D eigenvalue weighted by Gasteiger charge is 2.52. The Kier molecular flexibility index (Phi) is 4.04. The molecule has 5 nitrogen and oxygen atoms in total. The Morgan fingerprint density at radius 1 is 1.23 bits per heavy atom. The van der Waals surface area contributed by atoms with Crippen molar-refractivity contribution in [2.24, 2.45) is 0 Å². The molecule has 0 saturated heterocycles. The second kappa shape index (κ2) is 6.38. The molecule has 132 valence electrons. The predicted octanol–water partition coefficient (Wildman–Crippen LogP) is 3.37. The second-order valence-electron chi connectivity index (χ2n) is 6.74. The van der Waals surface area contributed by atoms with Crippen LogP contribution >= 0.6 is 0 Å². The third-order valence-corrected chi connectivity index (χ3v) is 5.21. The first-order chi connectivity index (χ1) is 12.7. The zero-order valence-electron chi connectivity index (χ0n) is 14.7. The maximum absolute atomic E-state index is 13.3. The maximum Gasteiger partial charge on any atom is 0.233 e. The summed E-state index contributed by atoms with van der Waals surface area (Å²) in [5, 5.41) is 9.16. The fourth-order valence-electron chi connectivity index (χ4n) is 3.59. The van der Waals surface area contributed by atoms with Crippen molar-refractivity contribution in [3.8, 4) is 17.6 Å². The van der Waals surface area contributed by atoms with Crippen LogP contribution in [0.2, 0.25) is 0 Å². The van der Waals surface area contributed by atoms with Crippen molar-refractivity contribution in [2.75, 3.05) is 13.3 Å². The molecule has 0 radical (unpaired) electrons. The van der Waals surface area contributed by atoms with Gasteiger partial charge in [-0.05, 0) is 43.5 Å². The average molecular weight is 348 g/mol. The molecule has 0 bridgehead atoms. The Morgan fingerprint density at radius 2 is 2.04 bits per heavy atom. The van der Waals surface area contributed by atoms with Gasteiger partial charge >= 0.3 is 0 Å². The molecule has 1 aliphatic heterocycles. The lowest BCUT2D eigenvalue weighted by molar-refractivity contribution is -0.134. The van der Waals surface area contributed by atoms with E-state index in [1.54, 1.807) is 6.07 Å². The first-order valence-corrected chi connectivity index (χ1v) is 8.85. The molecular weight excluding hydrogens is 328 g/mol. The van der Waals surface area contributed by atoms with E-state index in [0.29, 0.717) is 18.7 Å². The first-order valence-electron chi connectivity index (χ1n) is 8.85. The lowest BCUT2D eigenvalue weighted by Crippen LogP contribution is -2.38. The largest absolute Gasteiger partial charge is 0.454 e. The Labute approximate surface area is 152 Å². The quantitative estimate of drug-likeness (QED) is 0.831. The summed E-state index contributed by atoms with van der Waals surface area (Å²) in [7, 11) is 0. The summed E-state index contributed by atoms with van der Waals surface area (Å²) in [6.07, 6.45) is 1.65. The van der Waals surface area contributed by atoms with Gasteiger partial charge in [0.25, 0.3) is 0 Å². The van der Waals surface area contributed by atoms with E-state index in [4.69, 9.17) is 14.7 Å². The molecule has 0 atom stereocenters. The fraction of sp³-hybridized carbons (Fsp3) is 0.333. The van der Waals surface area contributed by atoms with Crippen LogP contribution in [0.4, 0.5) is 0 Å². The summed E-state index contributed by atoms with van der Waals surface area (Å²) >= 11 is 0. The molecule has 26 heavy (non-hydrogen) atoms. The number of amides is 1. The number of carbonyl (C=O) groups is 1. The van der Waals surface area contributed by atoms with Gasteiger partial charge in [-0.2, -0.15) is 5.26 Å². The van der Waals surface area contributed by atoms with Crippen molar-refractivity contribution >= 4 is 5.91 Å². The molecule has 0 spiro atoms. The van der Waals surface area contributed by atoms with Gasteiger partial charge in [0.1, 0.15) is 0 Å². The molecule has 1 saturated carbocycles. The highest BCUT2D eigenvalue weighted by molar-refractivity contribution is 5.91. The van der Waals surface area contributed by atoms with Gasteiger partial charge in [0.15, 0.2) is 11.5 Å². The first kappa shape index (κ1) is 16.5. The second-order valence-corrected chi connectivity index (χ2v) is 6.74. The molecule has 0 unspecified atom stereocenters. The number of hydrogen-bond donors (Lipinski definition) is 0. The van der Waals surface area contributed by atoms with E-state index in [1.165, 1.54) is 0 Å². The summed E-state index contributed by atoms with van der Waals surface area (Å²) in [5.74, 6) is 1.58. The van der Waals surface area contributed by atoms with Crippen molar-refractivity contribution in [1.82, 2.24) is 4.90 Å². The molecule has 5 heteroatoms. The molecule has 2 aromatic rings. The van der Waals surface area contributed by atoms with Crippen LogP contribution in [0.3, 0.4) is 0 Å². The summed E-state index contributed by atoms with van der Waals surface area (Å²) in [6.45, 7) is 3.31. The molecule has 1 fully saturated rings. The van der Waals surface area contributed by atoms with Gasteiger partial charge in [0.2, 0.25) is 12.7 Å². The minimum absolute atomic E-state index is 0.117. The van der Waals surface area contributed by atoms with Gasteiger partial charge in [-0.1, -0.05) is 24.3 Å². The molecular formula is C21H20N2O3. The van der Waals surface area contributed by atoms with E-state index < -0.39 is 5.41 Å². The Hall–Kier alpha value is -3.00. The SMILES string of the molecule is CCN(Cc1cccc2c1OCO2)C(=O)C1(c2cccc(C#N)c2)CC1. The standard InChI is InChI=1S/C21H20N2O3/c1-2-23(13-16-6-4-8-18-19(16)26-14-25-18)20(24)21(9-10-21)17-7-3-5-15(11-17)12-22/h3-8,11H,2,9-10,13-14H2,1H3. The van der Waals surface area contributed by atoms with Gasteiger partial charge in [0.05, 0.1) is 17.0 Å². The number of likely N-dealkylation sites (N-methyl/N-ethyl adjacent to an activating group) is 1. The molecule has 4 rings (SSSR count). The van der Waals surface area contributed by atoms with Crippen LogP contribution in [-0.2, 0) is 16.8 Å². The minimum Gasteiger partial charge on any atom is -0.454 e. The van der Waals surface area contributed by atoms with E-state index in [-0.39, 0.29) is 12.7 Å². The monoisotopic (exact) mass is 348 g/mol. The lowest BCUT2D eigenvalue weighted by atomic mass is 9.92. The lowest BCUT2D eigenvalue weighted by Gasteiger charge is -2.27. The molecule has 2 aliphatic rings. The minimum atomic E-state index is -0.488. The molecule has 1 amide bonds. The summed E-state index contributed by atoms with van der Waals surface area (Å²) < 4.78 is 11.0. The Bertz CT molecular complexity index is 896. The van der Waals surface area contributed by atoms with Crippen LogP contribution in [0.1, 0.15) is 36.5 Å². The van der Waals surface area contributed by atoms with E-state index >= 15 is 0 Å². The molecule has 0 N–H and O–H groups in total. The van der Waals surface area contributed by atoms with E-state index in [2.05, 4.69) is 6.07 Å². The van der Waals surface area contributed by atoms with Crippen molar-refractivity contribution in [3.63, 3.8) is 0 Å². The number of carbonyl (C=O) groups excluding carboxylic acids is 1. The highest BCUT2D eigenvalue weighted by Crippen LogP contribution is 2.50. The van der Waals surface area contributed by atoms with Crippen LogP contribution in [0, 0.1) is 11.3 Å². The van der Waals surface area contributed by atoms with Crippen molar-refractivity contribution in [3.05, 3.63) is 59.2 Å². The van der Waals surface area contributed by atoms with Crippen LogP contribution in [0.15, 0.2) is 42.5 Å². The smallest absolute Gasteiger partial charge is 0.233 e. The number of ether oxygens (including phenoxy) is 2. The van der Waals surface area contributed by atoms with Crippen molar-refractivity contribution in [2.45, 2.75) is 31.7 Å². The Morgan fingerprint density at radius 3 is 2.77 bits per heavy atom. The van der Waals surface area contributed by atoms with Gasteiger partial charge in [-0.25, -0.2) is 0 Å². The number of benzene rings is 2. The van der Waals surface area contributed by atoms with Gasteiger partial charge in [-0.15, -0.1) is 0 Å². The number of para-hydroxylation sites is 1. The van der Waals surface area contributed by atoms with Crippen LogP contribution < -0.4 is 9.47 Å². The predicted molar refractivity (Wildman–Crippen MR) is 95.7 cm³/mol. The fourth-order valence-corrected chi connectivity index (χ4v) is 3.59. The van der Waals surface area contributed by atoms with E-state index in [9.17, 15) is 4.79 Å². The highest BCUT2D eigenvalue weighted by atomic mass is 16.7. The van der Waals surface area contributed by atoms with Crippen LogP contribution in [-0.4, -0.2) is 24.1 Å². The molecule has 2 aromatic carbocycles. The zero-order chi connectivity index (χ0) is 18.1. The van der Waals surface area contributed by atoms with E-state index in [0.717, 1.165) is 35.5 Å². The zero-order valence-corrected chi connectivity index (χ0v) is 14.7. The number of hydrogen-bond acceptors (Lipinski definition) is 4. The van der Waals surface area contributed by atoms with Gasteiger partial charge in [-0.3, -0.25) is 4.79 Å². The average Bonchev–Trinajstić information content (AvgIpc) is 3.36. The summed E-state index contributed by atoms with van der Waals surface area (Å²) in [5.41, 5.74) is 2.00. The number of rotatable bonds is 5. The Balaban J connectivity index is 1.60. The molecule has 1 heterocycles. The topological polar surface area (TPSA) is 62.6 Å². The summed E-state index contributed by atoms with van der Waals surface area (Å²) in [4.78, 5) is 15.2. The van der Waals surface area contributed by atoms with Crippen molar-refractivity contribution < 1.29 is 14.3 Å². The number of nitriles is 1. The molecule has 1 aliphatic carbocycles. The van der Waals surface area contributed by atoms with Gasteiger partial charge in [0, 0.05) is 18.7 Å². The number of fused-ring (bicyclic) bond motifs is 1. The molecule has 0 aromatic heterocycles. The maximum atomic E-state index is 13.3. The third-order valence-electron chi connectivity index (χ3n) is 5.21. The third kappa shape index (κ3) is 2.68. The van der Waals surface area contributed by atoms with E-state index in [1.807, 2.05) is 48.2 Å². The summed E-state index contributed by atoms with van der Waals surface area (Å²) in [6, 6.07) is 15.4. The van der Waals surface area contributed by atoms with Crippen LogP contribution in [0.25, 0.3) is 0 Å². The van der Waals surface area contributed by atoms with Crippen LogP contribution in [0.5, 0.6) is 11.5 Å².